The smallest absolute Gasteiger partial charge is 0.331 e. The summed E-state index contributed by atoms with van der Waals surface area (Å²) in [4.78, 5) is 13.0. The number of benzene rings is 2. The second kappa shape index (κ2) is 9.43. The van der Waals surface area contributed by atoms with Gasteiger partial charge in [-0.2, -0.15) is 5.26 Å². The molecule has 154 valence electrons. The molecule has 0 radical (unpaired) electrons. The van der Waals surface area contributed by atoms with Crippen LogP contribution in [-0.4, -0.2) is 17.3 Å². The van der Waals surface area contributed by atoms with E-state index in [1.807, 2.05) is 45.9 Å². The van der Waals surface area contributed by atoms with Gasteiger partial charge in [-0.3, -0.25) is 0 Å². The number of hydrogen-bond acceptors (Lipinski definition) is 5. The van der Waals surface area contributed by atoms with Gasteiger partial charge in [0.15, 0.2) is 9.92 Å². The average molecular weight is 415 g/mol. The van der Waals surface area contributed by atoms with Crippen molar-refractivity contribution in [2.24, 2.45) is 4.36 Å². The molecular weight excluding hydrogens is 388 g/mol. The Morgan fingerprint density at radius 3 is 2.07 bits per heavy atom. The summed E-state index contributed by atoms with van der Waals surface area (Å²) in [5, 5.41) is 11.8. The van der Waals surface area contributed by atoms with Gasteiger partial charge in [-0.05, 0) is 47.2 Å². The van der Waals surface area contributed by atoms with E-state index in [4.69, 9.17) is 10.00 Å². The molecule has 0 spiro atoms. The van der Waals surface area contributed by atoms with Crippen molar-refractivity contribution >= 4 is 21.6 Å². The van der Waals surface area contributed by atoms with Crippen LogP contribution in [0.5, 0.6) is 5.75 Å². The molecule has 2 aromatic rings. The van der Waals surface area contributed by atoms with Gasteiger partial charge in [-0.15, -0.1) is 0 Å². The molecule has 0 saturated carbocycles. The highest BCUT2D eigenvalue weighted by Gasteiger charge is 2.20. The van der Waals surface area contributed by atoms with E-state index in [-0.39, 0.29) is 16.7 Å². The molecule has 2 N–H and O–H groups in total. The number of para-hydroxylation sites is 1. The first-order chi connectivity index (χ1) is 13.7. The highest BCUT2D eigenvalue weighted by atomic mass is 32.2. The molecule has 0 heterocycles. The van der Waals surface area contributed by atoms with Crippen LogP contribution < -0.4 is 14.8 Å². The summed E-state index contributed by atoms with van der Waals surface area (Å²) in [6, 6.07) is 11.4. The monoisotopic (exact) mass is 414 g/mol. The van der Waals surface area contributed by atoms with Crippen LogP contribution in [0.1, 0.15) is 50.7 Å². The maximum absolute atomic E-state index is 13.2. The van der Waals surface area contributed by atoms with Crippen LogP contribution in [0, 0.1) is 11.5 Å². The molecule has 0 fully saturated rings. The Morgan fingerprint density at radius 1 is 1.07 bits per heavy atom. The number of methoxy groups -OCH3 is 1. The highest BCUT2D eigenvalue weighted by molar-refractivity contribution is 7.92. The van der Waals surface area contributed by atoms with E-state index in [9.17, 15) is 9.00 Å². The molecule has 0 aliphatic heterocycles. The first-order valence-corrected chi connectivity index (χ1v) is 10.7. The lowest BCUT2D eigenvalue weighted by Gasteiger charge is -2.20. The van der Waals surface area contributed by atoms with E-state index in [0.29, 0.717) is 11.4 Å². The zero-order chi connectivity index (χ0) is 21.6. The van der Waals surface area contributed by atoms with Gasteiger partial charge in [0.1, 0.15) is 5.75 Å². The molecule has 7 nitrogen and oxygen atoms in total. The van der Waals surface area contributed by atoms with Crippen molar-refractivity contribution in [2.45, 2.75) is 44.4 Å². The number of amides is 2. The van der Waals surface area contributed by atoms with Gasteiger partial charge in [0.2, 0.25) is 6.19 Å². The summed E-state index contributed by atoms with van der Waals surface area (Å²) < 4.78 is 24.2. The van der Waals surface area contributed by atoms with Gasteiger partial charge < -0.3 is 10.1 Å². The maximum atomic E-state index is 13.2. The minimum Gasteiger partial charge on any atom is -0.497 e. The molecule has 2 rings (SSSR count). The van der Waals surface area contributed by atoms with Crippen molar-refractivity contribution in [3.8, 4) is 11.9 Å². The van der Waals surface area contributed by atoms with Gasteiger partial charge >= 0.3 is 6.03 Å². The van der Waals surface area contributed by atoms with Crippen molar-refractivity contribution in [2.75, 3.05) is 12.4 Å². The summed E-state index contributed by atoms with van der Waals surface area (Å²) in [6.45, 7) is 8.14. The number of urea groups is 1. The Morgan fingerprint density at radius 2 is 1.62 bits per heavy atom. The van der Waals surface area contributed by atoms with Crippen molar-refractivity contribution in [1.82, 2.24) is 4.72 Å². The lowest BCUT2D eigenvalue weighted by atomic mass is 9.93. The average Bonchev–Trinajstić information content (AvgIpc) is 2.67. The molecule has 0 aliphatic rings. The van der Waals surface area contributed by atoms with E-state index in [1.165, 1.54) is 25.4 Å². The fourth-order valence-electron chi connectivity index (χ4n) is 2.91. The number of nitrogens with zero attached hydrogens (tertiary/aromatic N) is 2. The first-order valence-electron chi connectivity index (χ1n) is 9.22. The van der Waals surface area contributed by atoms with Crippen molar-refractivity contribution in [3.05, 3.63) is 53.6 Å². The summed E-state index contributed by atoms with van der Waals surface area (Å²) in [5.74, 6) is 0.918. The standard InChI is InChI=1S/C21H26N4O3S/c1-14(2)18-7-6-8-19(15(3)4)20(18)24-21(26)25-29(27,23-13-22)17-11-9-16(28-5)10-12-17/h6-12,14-15H,1-5H3,(H2,23,24,25,26,27). The molecule has 1 atom stereocenters. The Labute approximate surface area is 172 Å². The molecule has 0 bridgehead atoms. The maximum Gasteiger partial charge on any atom is 0.331 e. The number of carbonyl (C=O) groups excluding carboxylic acids is 1. The third-order valence-electron chi connectivity index (χ3n) is 4.39. The summed E-state index contributed by atoms with van der Waals surface area (Å²) in [5.41, 5.74) is 2.63. The van der Waals surface area contributed by atoms with Gasteiger partial charge in [0.25, 0.3) is 0 Å². The number of carbonyl (C=O) groups is 1. The normalized spacial score (nSPS) is 12.8. The lowest BCUT2D eigenvalue weighted by Crippen LogP contribution is -2.34. The number of nitrogens with one attached hydrogen (secondary N) is 2. The van der Waals surface area contributed by atoms with E-state index in [0.717, 1.165) is 11.1 Å². The Balaban J connectivity index is 2.39. The molecule has 0 saturated heterocycles. The van der Waals surface area contributed by atoms with Gasteiger partial charge in [-0.25, -0.2) is 13.7 Å². The van der Waals surface area contributed by atoms with Crippen LogP contribution in [0.3, 0.4) is 0 Å². The molecule has 1 unspecified atom stereocenters. The second-order valence-electron chi connectivity index (χ2n) is 7.07. The number of ether oxygens (including phenoxy) is 1. The topological polar surface area (TPSA) is 104 Å². The summed E-state index contributed by atoms with van der Waals surface area (Å²) >= 11 is 0. The Hall–Kier alpha value is -3.05. The fraction of sp³-hybridized carbons (Fsp3) is 0.333. The highest BCUT2D eigenvalue weighted by Crippen LogP contribution is 2.32. The minimum atomic E-state index is -3.48. The molecule has 0 aliphatic carbocycles. The second-order valence-corrected chi connectivity index (χ2v) is 8.98. The molecular formula is C21H26N4O3S. The molecule has 0 aromatic heterocycles. The third-order valence-corrected chi connectivity index (χ3v) is 6.10. The van der Waals surface area contributed by atoms with Crippen LogP contribution in [0.15, 0.2) is 51.7 Å². The SMILES string of the molecule is COc1ccc(S(=O)(=NC#N)NC(=O)Nc2c(C(C)C)cccc2C(C)C)cc1. The summed E-state index contributed by atoms with van der Waals surface area (Å²) in [6.07, 6.45) is 1.54. The molecule has 8 heteroatoms. The zero-order valence-corrected chi connectivity index (χ0v) is 18.0. The first kappa shape index (κ1) is 22.2. The van der Waals surface area contributed by atoms with E-state index in [2.05, 4.69) is 14.4 Å². The van der Waals surface area contributed by atoms with Crippen LogP contribution in [0.4, 0.5) is 10.5 Å². The minimum absolute atomic E-state index is 0.179. The van der Waals surface area contributed by atoms with Crippen molar-refractivity contribution < 1.29 is 13.7 Å². The van der Waals surface area contributed by atoms with E-state index >= 15 is 0 Å². The van der Waals surface area contributed by atoms with Gasteiger partial charge in [-0.1, -0.05) is 50.3 Å². The fourth-order valence-corrected chi connectivity index (χ4v) is 4.10. The predicted molar refractivity (Wildman–Crippen MR) is 114 cm³/mol. The number of rotatable bonds is 6. The van der Waals surface area contributed by atoms with Crippen molar-refractivity contribution in [3.63, 3.8) is 0 Å². The lowest BCUT2D eigenvalue weighted by molar-refractivity contribution is 0.256. The summed E-state index contributed by atoms with van der Waals surface area (Å²) in [7, 11) is -1.97. The van der Waals surface area contributed by atoms with Crippen molar-refractivity contribution in [1.29, 1.82) is 5.26 Å². The number of anilines is 1. The Kier molecular flexibility index (Phi) is 7.23. The quantitative estimate of drug-likeness (QED) is 0.650. The molecule has 2 aromatic carbocycles. The Bertz CT molecular complexity index is 1000. The van der Waals surface area contributed by atoms with Crippen LogP contribution in [-0.2, 0) is 9.92 Å². The largest absolute Gasteiger partial charge is 0.497 e. The molecule has 29 heavy (non-hydrogen) atoms. The van der Waals surface area contributed by atoms with Crippen LogP contribution in [0.2, 0.25) is 0 Å². The number of hydrogen-bond donors (Lipinski definition) is 2. The third kappa shape index (κ3) is 5.27. The predicted octanol–water partition coefficient (Wildman–Crippen LogP) is 4.99. The van der Waals surface area contributed by atoms with Crippen LogP contribution >= 0.6 is 0 Å². The van der Waals surface area contributed by atoms with Crippen LogP contribution in [0.25, 0.3) is 0 Å². The van der Waals surface area contributed by atoms with E-state index in [1.54, 1.807) is 12.1 Å². The number of nitriles is 1. The van der Waals surface area contributed by atoms with E-state index < -0.39 is 15.9 Å². The van der Waals surface area contributed by atoms with Gasteiger partial charge in [0, 0.05) is 5.69 Å². The molecule has 2 amide bonds. The zero-order valence-electron chi connectivity index (χ0n) is 17.2. The van der Waals surface area contributed by atoms with Gasteiger partial charge in [0.05, 0.1) is 12.0 Å².